The summed E-state index contributed by atoms with van der Waals surface area (Å²) in [4.78, 5) is 4.64. The second-order valence-corrected chi connectivity index (χ2v) is 5.68. The summed E-state index contributed by atoms with van der Waals surface area (Å²) < 4.78 is 11.6. The summed E-state index contributed by atoms with van der Waals surface area (Å²) in [5.41, 5.74) is 1.06. The van der Waals surface area contributed by atoms with Crippen LogP contribution < -0.4 is 15.4 Å². The van der Waals surface area contributed by atoms with Gasteiger partial charge in [0.15, 0.2) is 11.5 Å². The Kier molecular flexibility index (Phi) is 5.82. The van der Waals surface area contributed by atoms with Crippen molar-refractivity contribution in [2.75, 3.05) is 25.2 Å². The topological polar surface area (TPSA) is 53.7 Å². The lowest BCUT2D eigenvalue weighted by molar-refractivity contribution is 0.140. The van der Waals surface area contributed by atoms with Crippen LogP contribution in [0.4, 0.5) is 0 Å². The molecule has 0 radical (unpaired) electrons. The van der Waals surface area contributed by atoms with E-state index in [1.807, 2.05) is 30.0 Å². The van der Waals surface area contributed by atoms with Crippen LogP contribution >= 0.6 is 11.8 Å². The van der Waals surface area contributed by atoms with Gasteiger partial charge in [0.25, 0.3) is 0 Å². The van der Waals surface area contributed by atoms with Crippen LogP contribution in [0.25, 0.3) is 0 Å². The van der Waals surface area contributed by atoms with Gasteiger partial charge in [-0.3, -0.25) is 0 Å². The number of benzene rings is 1. The van der Waals surface area contributed by atoms with Gasteiger partial charge < -0.3 is 14.3 Å². The van der Waals surface area contributed by atoms with Crippen molar-refractivity contribution in [3.63, 3.8) is 0 Å². The molecule has 4 nitrogen and oxygen atoms in total. The quantitative estimate of drug-likeness (QED) is 0.813. The molecule has 0 amide bonds. The first-order valence-corrected chi connectivity index (χ1v) is 7.72. The number of hydrogen-bond acceptors (Lipinski definition) is 5. The maximum atomic E-state index is 6.08. The summed E-state index contributed by atoms with van der Waals surface area (Å²) in [6, 6.07) is 5.96. The predicted molar refractivity (Wildman–Crippen MR) is 77.8 cm³/mol. The highest BCUT2D eigenvalue weighted by Gasteiger charge is 2.18. The highest BCUT2D eigenvalue weighted by molar-refractivity contribution is 7.99. The Morgan fingerprint density at radius 1 is 1.42 bits per heavy atom. The van der Waals surface area contributed by atoms with Crippen LogP contribution in [-0.4, -0.2) is 31.3 Å². The molecule has 1 atom stereocenters. The van der Waals surface area contributed by atoms with Crippen molar-refractivity contribution >= 4 is 11.8 Å². The molecule has 1 fully saturated rings. The smallest absolute Gasteiger partial charge is 0.164 e. The minimum Gasteiger partial charge on any atom is -0.493 e. The molecule has 1 unspecified atom stereocenters. The third-order valence-corrected chi connectivity index (χ3v) is 4.35. The van der Waals surface area contributed by atoms with Gasteiger partial charge in [-0.15, -0.1) is 0 Å². The van der Waals surface area contributed by atoms with Crippen molar-refractivity contribution in [1.82, 2.24) is 0 Å². The highest BCUT2D eigenvalue weighted by atomic mass is 32.2. The van der Waals surface area contributed by atoms with E-state index in [1.54, 1.807) is 7.11 Å². The van der Waals surface area contributed by atoms with Gasteiger partial charge in [-0.2, -0.15) is 11.8 Å². The molecule has 5 heteroatoms. The maximum absolute atomic E-state index is 6.08. The lowest BCUT2D eigenvalue weighted by atomic mass is 10.1. The van der Waals surface area contributed by atoms with Crippen molar-refractivity contribution in [2.24, 2.45) is 5.90 Å². The van der Waals surface area contributed by atoms with Crippen molar-refractivity contribution in [2.45, 2.75) is 25.4 Å². The van der Waals surface area contributed by atoms with Gasteiger partial charge in [-0.1, -0.05) is 12.1 Å². The van der Waals surface area contributed by atoms with Crippen molar-refractivity contribution in [1.29, 1.82) is 0 Å². The molecule has 1 aliphatic rings. The van der Waals surface area contributed by atoms with Crippen LogP contribution in [-0.2, 0) is 11.3 Å². The van der Waals surface area contributed by atoms with E-state index < -0.39 is 0 Å². The van der Waals surface area contributed by atoms with Crippen LogP contribution in [0.15, 0.2) is 18.2 Å². The Bertz CT molecular complexity index is 394. The fourth-order valence-corrected chi connectivity index (χ4v) is 3.27. The van der Waals surface area contributed by atoms with E-state index in [2.05, 4.69) is 4.84 Å². The number of rotatable bonds is 6. The summed E-state index contributed by atoms with van der Waals surface area (Å²) in [5.74, 6) is 9.00. The van der Waals surface area contributed by atoms with E-state index in [1.165, 1.54) is 12.2 Å². The monoisotopic (exact) mass is 283 g/mol. The largest absolute Gasteiger partial charge is 0.493 e. The minimum absolute atomic E-state index is 0.286. The molecule has 0 aromatic heterocycles. The van der Waals surface area contributed by atoms with E-state index in [0.717, 1.165) is 35.7 Å². The van der Waals surface area contributed by atoms with Crippen LogP contribution in [0.1, 0.15) is 18.4 Å². The molecule has 1 aromatic carbocycles. The van der Waals surface area contributed by atoms with Crippen molar-refractivity contribution in [3.05, 3.63) is 23.8 Å². The SMILES string of the molecule is COc1c(CCON)cccc1OC1CCCSC1. The Morgan fingerprint density at radius 3 is 3.00 bits per heavy atom. The maximum Gasteiger partial charge on any atom is 0.164 e. The Morgan fingerprint density at radius 2 is 2.32 bits per heavy atom. The summed E-state index contributed by atoms with van der Waals surface area (Å²) in [7, 11) is 1.67. The van der Waals surface area contributed by atoms with Gasteiger partial charge in [-0.05, 0) is 24.7 Å². The van der Waals surface area contributed by atoms with Crippen LogP contribution in [0.2, 0.25) is 0 Å². The number of methoxy groups -OCH3 is 1. The molecule has 2 rings (SSSR count). The second-order valence-electron chi connectivity index (χ2n) is 4.53. The van der Waals surface area contributed by atoms with Gasteiger partial charge in [0.1, 0.15) is 6.10 Å². The van der Waals surface area contributed by atoms with Gasteiger partial charge >= 0.3 is 0 Å². The lowest BCUT2D eigenvalue weighted by Crippen LogP contribution is -2.23. The van der Waals surface area contributed by atoms with E-state index in [0.29, 0.717) is 6.61 Å². The summed E-state index contributed by atoms with van der Waals surface area (Å²) in [6.07, 6.45) is 3.34. The first-order chi connectivity index (χ1) is 9.35. The average molecular weight is 283 g/mol. The summed E-state index contributed by atoms with van der Waals surface area (Å²) in [5, 5.41) is 0. The highest BCUT2D eigenvalue weighted by Crippen LogP contribution is 2.33. The molecule has 1 aliphatic heterocycles. The lowest BCUT2D eigenvalue weighted by Gasteiger charge is -2.24. The zero-order valence-electron chi connectivity index (χ0n) is 11.3. The van der Waals surface area contributed by atoms with E-state index in [4.69, 9.17) is 15.4 Å². The number of ether oxygens (including phenoxy) is 2. The molecule has 1 aromatic rings. The van der Waals surface area contributed by atoms with Crippen LogP contribution in [0.3, 0.4) is 0 Å². The number of hydrogen-bond donors (Lipinski definition) is 1. The van der Waals surface area contributed by atoms with E-state index in [9.17, 15) is 0 Å². The number of nitrogens with two attached hydrogens (primary N) is 1. The van der Waals surface area contributed by atoms with Gasteiger partial charge in [0, 0.05) is 17.7 Å². The Labute approximate surface area is 118 Å². The average Bonchev–Trinajstić information content (AvgIpc) is 2.46. The molecule has 19 heavy (non-hydrogen) atoms. The summed E-state index contributed by atoms with van der Waals surface area (Å²) >= 11 is 1.95. The first kappa shape index (κ1) is 14.5. The van der Waals surface area contributed by atoms with E-state index >= 15 is 0 Å². The molecule has 2 N–H and O–H groups in total. The zero-order valence-corrected chi connectivity index (χ0v) is 12.1. The molecular weight excluding hydrogens is 262 g/mol. The Hall–Kier alpha value is -0.910. The molecule has 0 spiro atoms. The minimum atomic E-state index is 0.286. The van der Waals surface area contributed by atoms with E-state index in [-0.39, 0.29) is 6.10 Å². The van der Waals surface area contributed by atoms with Crippen molar-refractivity contribution < 1.29 is 14.3 Å². The molecule has 0 saturated carbocycles. The number of thioether (sulfide) groups is 1. The molecular formula is C14H21NO3S. The van der Waals surface area contributed by atoms with Crippen LogP contribution in [0, 0.1) is 0 Å². The fraction of sp³-hybridized carbons (Fsp3) is 0.571. The standard InChI is InChI=1S/C14H21NO3S/c1-16-14-11(7-8-17-15)4-2-6-13(14)18-12-5-3-9-19-10-12/h2,4,6,12H,3,5,7-10,15H2,1H3. The van der Waals surface area contributed by atoms with Crippen LogP contribution in [0.5, 0.6) is 11.5 Å². The molecule has 106 valence electrons. The predicted octanol–water partition coefficient (Wildman–Crippen LogP) is 2.40. The Balaban J connectivity index is 2.09. The fourth-order valence-electron chi connectivity index (χ4n) is 2.24. The third-order valence-electron chi connectivity index (χ3n) is 3.17. The molecule has 1 saturated heterocycles. The summed E-state index contributed by atoms with van der Waals surface area (Å²) in [6.45, 7) is 0.471. The zero-order chi connectivity index (χ0) is 13.5. The second kappa shape index (κ2) is 7.62. The molecule has 1 heterocycles. The molecule has 0 aliphatic carbocycles. The van der Waals surface area contributed by atoms with Gasteiger partial charge in [0.2, 0.25) is 0 Å². The van der Waals surface area contributed by atoms with Gasteiger partial charge in [-0.25, -0.2) is 5.90 Å². The number of para-hydroxylation sites is 1. The van der Waals surface area contributed by atoms with Gasteiger partial charge in [0.05, 0.1) is 13.7 Å². The van der Waals surface area contributed by atoms with Crippen molar-refractivity contribution in [3.8, 4) is 11.5 Å². The first-order valence-electron chi connectivity index (χ1n) is 6.57. The molecule has 0 bridgehead atoms. The third kappa shape index (κ3) is 4.03. The normalized spacial score (nSPS) is 19.2.